The van der Waals surface area contributed by atoms with Gasteiger partial charge in [-0.2, -0.15) is 0 Å². The Kier molecular flexibility index (Phi) is 3.28. The third-order valence-electron chi connectivity index (χ3n) is 3.45. The maximum Gasteiger partial charge on any atom is 0.212 e. The number of fused-ring (bicyclic) bond motifs is 1. The van der Waals surface area contributed by atoms with E-state index in [1.165, 1.54) is 12.1 Å². The Bertz CT molecular complexity index is 616. The van der Waals surface area contributed by atoms with Crippen LogP contribution in [0.3, 0.4) is 0 Å². The Morgan fingerprint density at radius 1 is 1.35 bits per heavy atom. The molecule has 1 aliphatic heterocycles. The van der Waals surface area contributed by atoms with Gasteiger partial charge in [-0.25, -0.2) is 9.37 Å². The minimum Gasteiger partial charge on any atom is -0.485 e. The molecule has 1 aliphatic rings. The lowest BCUT2D eigenvalue weighted by Crippen LogP contribution is -2.24. The van der Waals surface area contributed by atoms with Gasteiger partial charge < -0.3 is 15.2 Å². The van der Waals surface area contributed by atoms with Gasteiger partial charge in [0.05, 0.1) is 7.11 Å². The van der Waals surface area contributed by atoms with Crippen LogP contribution < -0.4 is 15.2 Å². The van der Waals surface area contributed by atoms with E-state index in [9.17, 15) is 4.39 Å². The Labute approximate surface area is 116 Å². The van der Waals surface area contributed by atoms with E-state index in [-0.39, 0.29) is 18.0 Å². The van der Waals surface area contributed by atoms with Crippen molar-refractivity contribution in [1.82, 2.24) is 4.98 Å². The molecule has 0 radical (unpaired) electrons. The van der Waals surface area contributed by atoms with Crippen LogP contribution in [-0.2, 0) is 0 Å². The van der Waals surface area contributed by atoms with E-state index >= 15 is 0 Å². The van der Waals surface area contributed by atoms with Crippen LogP contribution in [-0.4, -0.2) is 12.1 Å². The zero-order chi connectivity index (χ0) is 14.1. The summed E-state index contributed by atoms with van der Waals surface area (Å²) < 4.78 is 24.2. The average molecular weight is 274 g/mol. The third-order valence-corrected chi connectivity index (χ3v) is 3.45. The summed E-state index contributed by atoms with van der Waals surface area (Å²) in [7, 11) is 1.57. The van der Waals surface area contributed by atoms with E-state index in [4.69, 9.17) is 15.2 Å². The van der Waals surface area contributed by atoms with Crippen molar-refractivity contribution in [3.05, 3.63) is 53.5 Å². The van der Waals surface area contributed by atoms with Crippen molar-refractivity contribution in [2.24, 2.45) is 5.73 Å². The molecular formula is C15H15FN2O2. The summed E-state index contributed by atoms with van der Waals surface area (Å²) in [5.74, 6) is 0.884. The molecule has 3 rings (SSSR count). The van der Waals surface area contributed by atoms with Crippen molar-refractivity contribution in [2.45, 2.75) is 18.6 Å². The maximum atomic E-state index is 13.2. The maximum absolute atomic E-state index is 13.2. The van der Waals surface area contributed by atoms with Gasteiger partial charge in [-0.1, -0.05) is 0 Å². The van der Waals surface area contributed by atoms with Gasteiger partial charge in [-0.15, -0.1) is 0 Å². The number of halogens is 1. The molecule has 0 bridgehead atoms. The van der Waals surface area contributed by atoms with Gasteiger partial charge in [-0.3, -0.25) is 0 Å². The fraction of sp³-hybridized carbons (Fsp3) is 0.267. The largest absolute Gasteiger partial charge is 0.485 e. The van der Waals surface area contributed by atoms with Crippen LogP contribution in [0.25, 0.3) is 0 Å². The summed E-state index contributed by atoms with van der Waals surface area (Å²) in [6.45, 7) is 0. The molecule has 0 saturated carbocycles. The summed E-state index contributed by atoms with van der Waals surface area (Å²) in [5, 5.41) is 0. The van der Waals surface area contributed by atoms with E-state index in [0.29, 0.717) is 23.6 Å². The van der Waals surface area contributed by atoms with Crippen LogP contribution in [0.15, 0.2) is 36.5 Å². The second kappa shape index (κ2) is 5.09. The summed E-state index contributed by atoms with van der Waals surface area (Å²) in [5.41, 5.74) is 7.75. The summed E-state index contributed by atoms with van der Waals surface area (Å²) in [6, 6.07) is 7.86. The van der Waals surface area contributed by atoms with Gasteiger partial charge in [0.25, 0.3) is 0 Å². The van der Waals surface area contributed by atoms with Crippen LogP contribution in [0.1, 0.15) is 29.7 Å². The minimum absolute atomic E-state index is 0.179. The van der Waals surface area contributed by atoms with Gasteiger partial charge in [0.2, 0.25) is 5.88 Å². The van der Waals surface area contributed by atoms with Crippen LogP contribution in [0.5, 0.6) is 11.6 Å². The number of pyridine rings is 1. The molecule has 2 unspecified atom stereocenters. The standard InChI is InChI=1S/C15H15FN2O2/c1-19-15-5-2-9(8-18-15)14-7-12(17)11-6-10(16)3-4-13(11)20-14/h2-6,8,12,14H,7,17H2,1H3. The summed E-state index contributed by atoms with van der Waals surface area (Å²) in [6.07, 6.45) is 2.12. The number of methoxy groups -OCH3 is 1. The average Bonchev–Trinajstić information content (AvgIpc) is 2.48. The zero-order valence-corrected chi connectivity index (χ0v) is 11.0. The molecule has 0 amide bonds. The van der Waals surface area contributed by atoms with E-state index < -0.39 is 0 Å². The molecule has 1 aromatic carbocycles. The smallest absolute Gasteiger partial charge is 0.212 e. The molecule has 104 valence electrons. The number of benzene rings is 1. The van der Waals surface area contributed by atoms with Crippen LogP contribution >= 0.6 is 0 Å². The predicted molar refractivity (Wildman–Crippen MR) is 72.1 cm³/mol. The van der Waals surface area contributed by atoms with Crippen LogP contribution in [0.2, 0.25) is 0 Å². The molecule has 2 N–H and O–H groups in total. The summed E-state index contributed by atoms with van der Waals surface area (Å²) >= 11 is 0. The highest BCUT2D eigenvalue weighted by Crippen LogP contribution is 2.39. The molecule has 1 aromatic heterocycles. The number of hydrogen-bond donors (Lipinski definition) is 1. The Hall–Kier alpha value is -2.14. The minimum atomic E-state index is -0.299. The Morgan fingerprint density at radius 2 is 2.20 bits per heavy atom. The van der Waals surface area contributed by atoms with E-state index in [1.807, 2.05) is 6.07 Å². The van der Waals surface area contributed by atoms with Crippen molar-refractivity contribution in [2.75, 3.05) is 7.11 Å². The highest BCUT2D eigenvalue weighted by atomic mass is 19.1. The molecule has 0 spiro atoms. The number of nitrogens with two attached hydrogens (primary N) is 1. The third kappa shape index (κ3) is 2.32. The first-order valence-corrected chi connectivity index (χ1v) is 6.39. The van der Waals surface area contributed by atoms with E-state index in [0.717, 1.165) is 5.56 Å². The first-order chi connectivity index (χ1) is 9.67. The lowest BCUT2D eigenvalue weighted by molar-refractivity contribution is 0.160. The number of nitrogens with zero attached hydrogens (tertiary/aromatic N) is 1. The molecule has 5 heteroatoms. The molecular weight excluding hydrogens is 259 g/mol. The van der Waals surface area contributed by atoms with Crippen LogP contribution in [0, 0.1) is 5.82 Å². The van der Waals surface area contributed by atoms with Gasteiger partial charge in [0, 0.05) is 35.9 Å². The number of ether oxygens (including phenoxy) is 2. The van der Waals surface area contributed by atoms with Gasteiger partial charge >= 0.3 is 0 Å². The first kappa shape index (κ1) is 12.9. The molecule has 0 saturated heterocycles. The Morgan fingerprint density at radius 3 is 2.90 bits per heavy atom. The number of aromatic nitrogens is 1. The quantitative estimate of drug-likeness (QED) is 0.914. The predicted octanol–water partition coefficient (Wildman–Crippen LogP) is 2.75. The molecule has 2 aromatic rings. The fourth-order valence-corrected chi connectivity index (χ4v) is 2.38. The normalized spacial score (nSPS) is 20.9. The highest BCUT2D eigenvalue weighted by Gasteiger charge is 2.27. The monoisotopic (exact) mass is 274 g/mol. The van der Waals surface area contributed by atoms with Crippen molar-refractivity contribution >= 4 is 0 Å². The summed E-state index contributed by atoms with van der Waals surface area (Å²) in [4.78, 5) is 4.16. The number of hydrogen-bond acceptors (Lipinski definition) is 4. The molecule has 20 heavy (non-hydrogen) atoms. The molecule has 0 aliphatic carbocycles. The van der Waals surface area contributed by atoms with Gasteiger partial charge in [0.1, 0.15) is 17.7 Å². The van der Waals surface area contributed by atoms with Gasteiger partial charge in [0.15, 0.2) is 0 Å². The molecule has 2 atom stereocenters. The second-order valence-electron chi connectivity index (χ2n) is 4.76. The lowest BCUT2D eigenvalue weighted by Gasteiger charge is -2.30. The van der Waals surface area contributed by atoms with Crippen molar-refractivity contribution in [1.29, 1.82) is 0 Å². The van der Waals surface area contributed by atoms with Crippen molar-refractivity contribution in [3.63, 3.8) is 0 Å². The first-order valence-electron chi connectivity index (χ1n) is 6.39. The zero-order valence-electron chi connectivity index (χ0n) is 11.0. The van der Waals surface area contributed by atoms with Crippen molar-refractivity contribution in [3.8, 4) is 11.6 Å². The topological polar surface area (TPSA) is 57.4 Å². The highest BCUT2D eigenvalue weighted by molar-refractivity contribution is 5.39. The second-order valence-corrected chi connectivity index (χ2v) is 4.76. The lowest BCUT2D eigenvalue weighted by atomic mass is 9.94. The van der Waals surface area contributed by atoms with E-state index in [2.05, 4.69) is 4.98 Å². The van der Waals surface area contributed by atoms with Crippen molar-refractivity contribution < 1.29 is 13.9 Å². The Balaban J connectivity index is 1.88. The van der Waals surface area contributed by atoms with E-state index in [1.54, 1.807) is 25.4 Å². The molecule has 2 heterocycles. The fourth-order valence-electron chi connectivity index (χ4n) is 2.38. The number of rotatable bonds is 2. The van der Waals surface area contributed by atoms with Gasteiger partial charge in [-0.05, 0) is 24.3 Å². The molecule has 0 fully saturated rings. The molecule has 4 nitrogen and oxygen atoms in total. The SMILES string of the molecule is COc1ccc(C2CC(N)c3cc(F)ccc3O2)cn1. The van der Waals surface area contributed by atoms with Crippen LogP contribution in [0.4, 0.5) is 4.39 Å².